The molecule has 0 aliphatic carbocycles. The summed E-state index contributed by atoms with van der Waals surface area (Å²) < 4.78 is 0. The van der Waals surface area contributed by atoms with E-state index in [1.54, 1.807) is 0 Å². The molecule has 0 saturated heterocycles. The van der Waals surface area contributed by atoms with Crippen LogP contribution in [-0.2, 0) is 0 Å². The van der Waals surface area contributed by atoms with Crippen molar-refractivity contribution < 1.29 is 0 Å². The summed E-state index contributed by atoms with van der Waals surface area (Å²) in [6.45, 7) is 4.54. The van der Waals surface area contributed by atoms with Crippen molar-refractivity contribution in [1.82, 2.24) is 0 Å². The van der Waals surface area contributed by atoms with E-state index < -0.39 is 0 Å². The maximum absolute atomic E-state index is 5.17. The van der Waals surface area contributed by atoms with Crippen LogP contribution in [0.15, 0.2) is 30.3 Å². The monoisotopic (exact) mass is 166 g/mol. The summed E-state index contributed by atoms with van der Waals surface area (Å²) in [5.74, 6) is 0. The van der Waals surface area contributed by atoms with Gasteiger partial charge in [-0.1, -0.05) is 35.9 Å². The average Bonchev–Trinajstić information content (AvgIpc) is 2.07. The van der Waals surface area contributed by atoms with E-state index >= 15 is 0 Å². The second kappa shape index (κ2) is 6.83. The quantitative estimate of drug-likeness (QED) is 0.660. The third-order valence-electron chi connectivity index (χ3n) is 1.31. The van der Waals surface area contributed by atoms with Crippen LogP contribution in [0.3, 0.4) is 0 Å². The van der Waals surface area contributed by atoms with Crippen molar-refractivity contribution >= 4 is 0 Å². The van der Waals surface area contributed by atoms with Crippen molar-refractivity contribution in [1.29, 1.82) is 0 Å². The zero-order chi connectivity index (χ0) is 9.40. The molecule has 0 amide bonds. The highest BCUT2D eigenvalue weighted by Gasteiger charge is 1.79. The van der Waals surface area contributed by atoms with Crippen LogP contribution < -0.4 is 11.5 Å². The van der Waals surface area contributed by atoms with Gasteiger partial charge >= 0.3 is 0 Å². The lowest BCUT2D eigenvalue weighted by molar-refractivity contribution is 0.752. The van der Waals surface area contributed by atoms with Gasteiger partial charge in [0.2, 0.25) is 0 Å². The van der Waals surface area contributed by atoms with Gasteiger partial charge < -0.3 is 11.5 Å². The lowest BCUT2D eigenvalue weighted by Gasteiger charge is -1.92. The molecule has 0 aromatic heterocycles. The summed E-state index contributed by atoms with van der Waals surface area (Å²) in [5, 5.41) is 0. The first-order valence-corrected chi connectivity index (χ1v) is 4.14. The fourth-order valence-electron chi connectivity index (χ4n) is 0.534. The Morgan fingerprint density at radius 3 is 1.83 bits per heavy atom. The summed E-state index contributed by atoms with van der Waals surface area (Å²) in [4.78, 5) is 0. The van der Waals surface area contributed by atoms with E-state index in [2.05, 4.69) is 19.1 Å². The Kier molecular flexibility index (Phi) is 6.34. The van der Waals surface area contributed by atoms with Crippen LogP contribution in [0.2, 0.25) is 0 Å². The van der Waals surface area contributed by atoms with E-state index in [9.17, 15) is 0 Å². The molecule has 0 saturated carbocycles. The highest BCUT2D eigenvalue weighted by molar-refractivity contribution is 5.11. The molecule has 0 radical (unpaired) electrons. The number of hydrogen-bond donors (Lipinski definition) is 2. The summed E-state index contributed by atoms with van der Waals surface area (Å²) in [5.41, 5.74) is 11.5. The molecule has 1 aromatic carbocycles. The fourth-order valence-corrected chi connectivity index (χ4v) is 0.534. The van der Waals surface area contributed by atoms with Gasteiger partial charge in [0.25, 0.3) is 0 Å². The molecule has 2 nitrogen and oxygen atoms in total. The molecule has 2 heteroatoms. The molecule has 1 aromatic rings. The van der Waals surface area contributed by atoms with Crippen LogP contribution in [0, 0.1) is 6.92 Å². The van der Waals surface area contributed by atoms with Gasteiger partial charge in [-0.3, -0.25) is 0 Å². The second-order valence-corrected chi connectivity index (χ2v) is 2.87. The maximum atomic E-state index is 5.17. The summed E-state index contributed by atoms with van der Waals surface area (Å²) in [6, 6.07) is 10.4. The molecule has 1 atom stereocenters. The lowest BCUT2D eigenvalue weighted by Crippen LogP contribution is -2.25. The predicted octanol–water partition coefficient (Wildman–Crippen LogP) is 1.29. The van der Waals surface area contributed by atoms with Crippen molar-refractivity contribution in [2.24, 2.45) is 11.5 Å². The van der Waals surface area contributed by atoms with Crippen molar-refractivity contribution in [3.63, 3.8) is 0 Å². The SMILES string of the molecule is C[C@H](N)CN.Cc1ccccc1. The zero-order valence-electron chi connectivity index (χ0n) is 7.83. The molecule has 0 fully saturated rings. The van der Waals surface area contributed by atoms with Gasteiger partial charge in [0, 0.05) is 12.6 Å². The molecule has 0 heterocycles. The standard InChI is InChI=1S/C7H8.C3H10N2/c1-7-5-3-2-4-6-7;1-3(5)2-4/h2-6H,1H3;3H,2,4-5H2,1H3/t;3-/m.0/s1. The van der Waals surface area contributed by atoms with E-state index in [1.807, 2.05) is 25.1 Å². The molecule has 1 rings (SSSR count). The largest absolute Gasteiger partial charge is 0.329 e. The Labute approximate surface area is 74.6 Å². The maximum Gasteiger partial charge on any atom is 0.0134 e. The number of aryl methyl sites for hydroxylation is 1. The predicted molar refractivity (Wildman–Crippen MR) is 53.9 cm³/mol. The van der Waals surface area contributed by atoms with E-state index in [0.29, 0.717) is 6.54 Å². The summed E-state index contributed by atoms with van der Waals surface area (Å²) >= 11 is 0. The minimum Gasteiger partial charge on any atom is -0.329 e. The Bertz CT molecular complexity index is 182. The first-order chi connectivity index (χ1) is 5.66. The molecular weight excluding hydrogens is 148 g/mol. The van der Waals surface area contributed by atoms with Crippen LogP contribution in [-0.4, -0.2) is 12.6 Å². The molecular formula is C10H18N2. The molecule has 68 valence electrons. The molecule has 0 aliphatic rings. The van der Waals surface area contributed by atoms with E-state index in [-0.39, 0.29) is 6.04 Å². The Hall–Kier alpha value is -0.860. The number of hydrogen-bond acceptors (Lipinski definition) is 2. The zero-order valence-corrected chi connectivity index (χ0v) is 7.83. The number of nitrogens with two attached hydrogens (primary N) is 2. The van der Waals surface area contributed by atoms with Crippen molar-refractivity contribution in [3.8, 4) is 0 Å². The van der Waals surface area contributed by atoms with Crippen molar-refractivity contribution in [2.45, 2.75) is 19.9 Å². The number of rotatable bonds is 1. The van der Waals surface area contributed by atoms with E-state index in [0.717, 1.165) is 0 Å². The lowest BCUT2D eigenvalue weighted by atomic mass is 10.2. The van der Waals surface area contributed by atoms with Gasteiger partial charge in [-0.15, -0.1) is 0 Å². The minimum atomic E-state index is 0.162. The summed E-state index contributed by atoms with van der Waals surface area (Å²) in [6.07, 6.45) is 0. The third kappa shape index (κ3) is 7.25. The van der Waals surface area contributed by atoms with E-state index in [4.69, 9.17) is 11.5 Å². The molecule has 0 spiro atoms. The first kappa shape index (κ1) is 11.1. The summed E-state index contributed by atoms with van der Waals surface area (Å²) in [7, 11) is 0. The van der Waals surface area contributed by atoms with Crippen molar-refractivity contribution in [2.75, 3.05) is 6.54 Å². The smallest absolute Gasteiger partial charge is 0.0134 e. The highest BCUT2D eigenvalue weighted by Crippen LogP contribution is 1.92. The van der Waals surface area contributed by atoms with Gasteiger partial charge in [0.15, 0.2) is 0 Å². The van der Waals surface area contributed by atoms with Gasteiger partial charge in [-0.05, 0) is 13.8 Å². The molecule has 0 unspecified atom stereocenters. The van der Waals surface area contributed by atoms with Crippen LogP contribution in [0.25, 0.3) is 0 Å². The molecule has 0 bridgehead atoms. The normalized spacial score (nSPS) is 11.3. The van der Waals surface area contributed by atoms with Crippen LogP contribution in [0.5, 0.6) is 0 Å². The van der Waals surface area contributed by atoms with Gasteiger partial charge in [0.1, 0.15) is 0 Å². The third-order valence-corrected chi connectivity index (χ3v) is 1.31. The minimum absolute atomic E-state index is 0.162. The highest BCUT2D eigenvalue weighted by atomic mass is 14.7. The van der Waals surface area contributed by atoms with Gasteiger partial charge in [-0.25, -0.2) is 0 Å². The van der Waals surface area contributed by atoms with Crippen LogP contribution in [0.4, 0.5) is 0 Å². The fraction of sp³-hybridized carbons (Fsp3) is 0.400. The van der Waals surface area contributed by atoms with Crippen LogP contribution in [0.1, 0.15) is 12.5 Å². The molecule has 0 aliphatic heterocycles. The van der Waals surface area contributed by atoms with Crippen LogP contribution >= 0.6 is 0 Å². The van der Waals surface area contributed by atoms with E-state index in [1.165, 1.54) is 5.56 Å². The van der Waals surface area contributed by atoms with Gasteiger partial charge in [-0.2, -0.15) is 0 Å². The first-order valence-electron chi connectivity index (χ1n) is 4.14. The Morgan fingerprint density at radius 1 is 1.25 bits per heavy atom. The molecule has 12 heavy (non-hydrogen) atoms. The Morgan fingerprint density at radius 2 is 1.67 bits per heavy atom. The number of benzene rings is 1. The average molecular weight is 166 g/mol. The van der Waals surface area contributed by atoms with Gasteiger partial charge in [0.05, 0.1) is 0 Å². The van der Waals surface area contributed by atoms with Crippen molar-refractivity contribution in [3.05, 3.63) is 35.9 Å². The topological polar surface area (TPSA) is 52.0 Å². The Balaban J connectivity index is 0.000000217. The second-order valence-electron chi connectivity index (χ2n) is 2.87. The molecule has 4 N–H and O–H groups in total.